The summed E-state index contributed by atoms with van der Waals surface area (Å²) in [5.41, 5.74) is 0.517. The van der Waals surface area contributed by atoms with E-state index in [1.165, 1.54) is 31.6 Å². The molecular weight excluding hydrogens is 296 g/mol. The Morgan fingerprint density at radius 2 is 2.05 bits per heavy atom. The zero-order chi connectivity index (χ0) is 15.6. The molecular formula is C13H14N2O5S. The van der Waals surface area contributed by atoms with Crippen molar-refractivity contribution in [3.05, 3.63) is 41.9 Å². The molecule has 0 atom stereocenters. The van der Waals surface area contributed by atoms with E-state index in [9.17, 15) is 13.2 Å². The number of sulfonamides is 1. The summed E-state index contributed by atoms with van der Waals surface area (Å²) in [5.74, 6) is 0.457. The van der Waals surface area contributed by atoms with Gasteiger partial charge in [0.05, 0.1) is 23.3 Å². The Balaban J connectivity index is 2.36. The molecule has 1 aromatic heterocycles. The molecule has 1 aromatic carbocycles. The van der Waals surface area contributed by atoms with Crippen molar-refractivity contribution in [1.29, 1.82) is 0 Å². The number of hydrogen-bond acceptors (Lipinski definition) is 5. The third-order valence-electron chi connectivity index (χ3n) is 2.74. The number of nitrogens with one attached hydrogen (secondary N) is 1. The maximum absolute atomic E-state index is 12.0. The lowest BCUT2D eigenvalue weighted by atomic mass is 10.2. The lowest BCUT2D eigenvalue weighted by Gasteiger charge is -2.10. The van der Waals surface area contributed by atoms with Crippen LogP contribution in [0.25, 0.3) is 0 Å². The van der Waals surface area contributed by atoms with Gasteiger partial charge in [-0.05, 0) is 31.2 Å². The third kappa shape index (κ3) is 3.41. The zero-order valence-electron chi connectivity index (χ0n) is 11.4. The number of aryl methyl sites for hydroxylation is 1. The van der Waals surface area contributed by atoms with Crippen LogP contribution in [-0.2, 0) is 10.0 Å². The number of furan rings is 1. The topological polar surface area (TPSA) is 112 Å². The number of rotatable bonds is 4. The van der Waals surface area contributed by atoms with Crippen molar-refractivity contribution in [2.45, 2.75) is 11.8 Å². The summed E-state index contributed by atoms with van der Waals surface area (Å²) < 4.78 is 32.8. The monoisotopic (exact) mass is 310 g/mol. The molecule has 0 saturated heterocycles. The van der Waals surface area contributed by atoms with Crippen LogP contribution in [0.4, 0.5) is 5.69 Å². The Morgan fingerprint density at radius 3 is 2.57 bits per heavy atom. The molecule has 0 fully saturated rings. The van der Waals surface area contributed by atoms with E-state index < -0.39 is 15.9 Å². The second-order valence-corrected chi connectivity index (χ2v) is 5.87. The largest absolute Gasteiger partial charge is 0.495 e. The van der Waals surface area contributed by atoms with E-state index in [2.05, 4.69) is 5.32 Å². The van der Waals surface area contributed by atoms with E-state index in [0.29, 0.717) is 17.1 Å². The molecule has 0 aliphatic carbocycles. The van der Waals surface area contributed by atoms with Gasteiger partial charge >= 0.3 is 0 Å². The molecule has 112 valence electrons. The van der Waals surface area contributed by atoms with E-state index in [4.69, 9.17) is 14.3 Å². The van der Waals surface area contributed by atoms with Crippen molar-refractivity contribution in [2.75, 3.05) is 12.4 Å². The van der Waals surface area contributed by atoms with Gasteiger partial charge in [-0.15, -0.1) is 0 Å². The van der Waals surface area contributed by atoms with E-state index in [-0.39, 0.29) is 10.6 Å². The Hall–Kier alpha value is -2.32. The number of nitrogens with two attached hydrogens (primary N) is 1. The molecule has 2 rings (SSSR count). The first kappa shape index (κ1) is 15.1. The normalized spacial score (nSPS) is 11.2. The molecule has 0 aliphatic heterocycles. The molecule has 0 unspecified atom stereocenters. The van der Waals surface area contributed by atoms with Crippen molar-refractivity contribution >= 4 is 21.6 Å². The van der Waals surface area contributed by atoms with Gasteiger partial charge in [0.2, 0.25) is 10.0 Å². The number of amides is 1. The van der Waals surface area contributed by atoms with Gasteiger partial charge in [-0.2, -0.15) is 0 Å². The molecule has 0 spiro atoms. The molecule has 1 heterocycles. The number of carbonyl (C=O) groups is 1. The van der Waals surface area contributed by atoms with Gasteiger partial charge in [0, 0.05) is 0 Å². The van der Waals surface area contributed by atoms with Gasteiger partial charge < -0.3 is 14.5 Å². The fraction of sp³-hybridized carbons (Fsp3) is 0.154. The first-order valence-corrected chi connectivity index (χ1v) is 7.43. The second-order valence-electron chi connectivity index (χ2n) is 4.31. The Morgan fingerprint density at radius 1 is 1.33 bits per heavy atom. The number of hydrogen-bond donors (Lipinski definition) is 2. The predicted molar refractivity (Wildman–Crippen MR) is 75.8 cm³/mol. The number of primary sulfonamides is 1. The van der Waals surface area contributed by atoms with Gasteiger partial charge in [0.15, 0.2) is 0 Å². The van der Waals surface area contributed by atoms with Crippen molar-refractivity contribution < 1.29 is 22.4 Å². The van der Waals surface area contributed by atoms with Crippen molar-refractivity contribution in [2.24, 2.45) is 5.14 Å². The number of anilines is 1. The van der Waals surface area contributed by atoms with Gasteiger partial charge in [-0.3, -0.25) is 4.79 Å². The fourth-order valence-electron chi connectivity index (χ4n) is 1.72. The molecule has 3 N–H and O–H groups in total. The summed E-state index contributed by atoms with van der Waals surface area (Å²) >= 11 is 0. The molecule has 0 radical (unpaired) electrons. The summed E-state index contributed by atoms with van der Waals surface area (Å²) in [5, 5.41) is 7.63. The van der Waals surface area contributed by atoms with E-state index in [1.807, 2.05) is 0 Å². The molecule has 7 nitrogen and oxygen atoms in total. The van der Waals surface area contributed by atoms with Crippen LogP contribution in [0.3, 0.4) is 0 Å². The summed E-state index contributed by atoms with van der Waals surface area (Å²) in [4.78, 5) is 11.9. The quantitative estimate of drug-likeness (QED) is 0.888. The van der Waals surface area contributed by atoms with Crippen LogP contribution in [0.15, 0.2) is 39.8 Å². The van der Waals surface area contributed by atoms with Gasteiger partial charge in [-0.25, -0.2) is 13.6 Å². The molecule has 21 heavy (non-hydrogen) atoms. The third-order valence-corrected chi connectivity index (χ3v) is 3.65. The first-order valence-electron chi connectivity index (χ1n) is 5.88. The molecule has 0 saturated carbocycles. The summed E-state index contributed by atoms with van der Waals surface area (Å²) in [6.07, 6.45) is 1.31. The van der Waals surface area contributed by atoms with Crippen molar-refractivity contribution in [3.63, 3.8) is 0 Å². The highest BCUT2D eigenvalue weighted by molar-refractivity contribution is 7.89. The SMILES string of the molecule is COc1ccc(S(N)(=O)=O)cc1NC(=O)c1coc(C)c1. The van der Waals surface area contributed by atoms with Crippen LogP contribution in [-0.4, -0.2) is 21.4 Å². The number of carbonyl (C=O) groups excluding carboxylic acids is 1. The average molecular weight is 310 g/mol. The Kier molecular flexibility index (Phi) is 4.01. The molecule has 0 aliphatic rings. The van der Waals surface area contributed by atoms with Crippen LogP contribution in [0.5, 0.6) is 5.75 Å². The summed E-state index contributed by atoms with van der Waals surface area (Å²) in [7, 11) is -2.47. The van der Waals surface area contributed by atoms with Crippen molar-refractivity contribution in [3.8, 4) is 5.75 Å². The van der Waals surface area contributed by atoms with Crippen LogP contribution in [0.1, 0.15) is 16.1 Å². The van der Waals surface area contributed by atoms with Crippen LogP contribution in [0.2, 0.25) is 0 Å². The number of benzene rings is 1. The van der Waals surface area contributed by atoms with Crippen molar-refractivity contribution in [1.82, 2.24) is 0 Å². The molecule has 1 amide bonds. The molecule has 8 heteroatoms. The van der Waals surface area contributed by atoms with E-state index in [1.54, 1.807) is 13.0 Å². The van der Waals surface area contributed by atoms with E-state index in [0.717, 1.165) is 0 Å². The standard InChI is InChI=1S/C13H14N2O5S/c1-8-5-9(7-20-8)13(16)15-11-6-10(21(14,17)18)3-4-12(11)19-2/h3-7H,1-2H3,(H,15,16)(H2,14,17,18). The molecule has 2 aromatic rings. The fourth-order valence-corrected chi connectivity index (χ4v) is 2.26. The minimum atomic E-state index is -3.87. The highest BCUT2D eigenvalue weighted by Gasteiger charge is 2.15. The predicted octanol–water partition coefficient (Wildman–Crippen LogP) is 1.50. The lowest BCUT2D eigenvalue weighted by molar-refractivity contribution is 0.102. The Labute approximate surface area is 121 Å². The van der Waals surface area contributed by atoms with E-state index >= 15 is 0 Å². The minimum Gasteiger partial charge on any atom is -0.495 e. The summed E-state index contributed by atoms with van der Waals surface area (Å²) in [6.45, 7) is 1.71. The first-order chi connectivity index (χ1) is 9.81. The van der Waals surface area contributed by atoms with Gasteiger partial charge in [-0.1, -0.05) is 0 Å². The second kappa shape index (κ2) is 5.58. The highest BCUT2D eigenvalue weighted by Crippen LogP contribution is 2.27. The maximum atomic E-state index is 12.0. The number of ether oxygens (including phenoxy) is 1. The van der Waals surface area contributed by atoms with Crippen LogP contribution in [0, 0.1) is 6.92 Å². The average Bonchev–Trinajstić information content (AvgIpc) is 2.84. The summed E-state index contributed by atoms with van der Waals surface area (Å²) in [6, 6.07) is 5.51. The number of methoxy groups -OCH3 is 1. The van der Waals surface area contributed by atoms with Crippen LogP contribution >= 0.6 is 0 Å². The highest BCUT2D eigenvalue weighted by atomic mass is 32.2. The Bertz CT molecular complexity index is 780. The minimum absolute atomic E-state index is 0.123. The zero-order valence-corrected chi connectivity index (χ0v) is 12.2. The van der Waals surface area contributed by atoms with Gasteiger partial charge in [0.1, 0.15) is 17.8 Å². The maximum Gasteiger partial charge on any atom is 0.259 e. The van der Waals surface area contributed by atoms with Gasteiger partial charge in [0.25, 0.3) is 5.91 Å². The van der Waals surface area contributed by atoms with Crippen LogP contribution < -0.4 is 15.2 Å². The molecule has 0 bridgehead atoms. The lowest BCUT2D eigenvalue weighted by Crippen LogP contribution is -2.15. The smallest absolute Gasteiger partial charge is 0.259 e.